The number of hydrogen-bond acceptors (Lipinski definition) is 3. The van der Waals surface area contributed by atoms with Gasteiger partial charge < -0.3 is 4.90 Å². The van der Waals surface area contributed by atoms with Crippen molar-refractivity contribution in [1.29, 1.82) is 0 Å². The quantitative estimate of drug-likeness (QED) is 0.722. The van der Waals surface area contributed by atoms with Crippen LogP contribution in [-0.4, -0.2) is 22.9 Å². The Kier molecular flexibility index (Phi) is 3.36. The van der Waals surface area contributed by atoms with Crippen LogP contribution >= 0.6 is 0 Å². The lowest BCUT2D eigenvalue weighted by molar-refractivity contribution is 0.0993. The maximum Gasteiger partial charge on any atom is 0.258 e. The topological polar surface area (TPSA) is 46.1 Å². The van der Waals surface area contributed by atoms with Crippen molar-refractivity contribution in [3.63, 3.8) is 0 Å². The Labute approximate surface area is 123 Å². The second-order valence-corrected chi connectivity index (χ2v) is 4.99. The van der Waals surface area contributed by atoms with Gasteiger partial charge in [-0.2, -0.15) is 0 Å². The molecule has 104 valence electrons. The highest BCUT2D eigenvalue weighted by Crippen LogP contribution is 2.22. The van der Waals surface area contributed by atoms with Gasteiger partial charge in [0.05, 0.1) is 5.52 Å². The van der Waals surface area contributed by atoms with E-state index >= 15 is 0 Å². The average Bonchev–Trinajstić information content (AvgIpc) is 2.53. The number of nitrogens with zero attached hydrogens (tertiary/aromatic N) is 3. The van der Waals surface area contributed by atoms with Gasteiger partial charge in [0.25, 0.3) is 5.91 Å². The number of aromatic nitrogens is 2. The van der Waals surface area contributed by atoms with E-state index in [9.17, 15) is 4.79 Å². The zero-order valence-electron chi connectivity index (χ0n) is 11.9. The summed E-state index contributed by atoms with van der Waals surface area (Å²) in [7, 11) is 1.77. The summed E-state index contributed by atoms with van der Waals surface area (Å²) in [5.74, 6) is -0.0580. The summed E-state index contributed by atoms with van der Waals surface area (Å²) in [5, 5.41) is 1.03. The van der Waals surface area contributed by atoms with Crippen LogP contribution in [0.15, 0.2) is 55.0 Å². The molecule has 0 bridgehead atoms. The SMILES string of the molecule is Cc1cnc2ccc(N(C)C(=O)c3ccncc3)cc2c1. The number of pyridine rings is 2. The molecule has 0 radical (unpaired) electrons. The minimum Gasteiger partial charge on any atom is -0.311 e. The molecule has 0 aliphatic rings. The highest BCUT2D eigenvalue weighted by atomic mass is 16.2. The summed E-state index contributed by atoms with van der Waals surface area (Å²) >= 11 is 0. The molecule has 4 heteroatoms. The third kappa shape index (κ3) is 2.60. The predicted molar refractivity (Wildman–Crippen MR) is 83.5 cm³/mol. The van der Waals surface area contributed by atoms with Crippen LogP contribution in [0.25, 0.3) is 10.9 Å². The Hall–Kier alpha value is -2.75. The Morgan fingerprint density at radius 3 is 2.62 bits per heavy atom. The van der Waals surface area contributed by atoms with Gasteiger partial charge in [-0.05, 0) is 48.9 Å². The first-order chi connectivity index (χ1) is 10.1. The van der Waals surface area contributed by atoms with Crippen molar-refractivity contribution in [2.24, 2.45) is 0 Å². The molecule has 3 rings (SSSR count). The van der Waals surface area contributed by atoms with Gasteiger partial charge in [0.1, 0.15) is 0 Å². The van der Waals surface area contributed by atoms with Crippen molar-refractivity contribution in [2.45, 2.75) is 6.92 Å². The second kappa shape index (κ2) is 5.32. The lowest BCUT2D eigenvalue weighted by atomic mass is 10.1. The zero-order chi connectivity index (χ0) is 14.8. The van der Waals surface area contributed by atoms with Crippen molar-refractivity contribution in [2.75, 3.05) is 11.9 Å². The van der Waals surface area contributed by atoms with Gasteiger partial charge in [-0.3, -0.25) is 14.8 Å². The van der Waals surface area contributed by atoms with E-state index in [1.54, 1.807) is 36.5 Å². The summed E-state index contributed by atoms with van der Waals surface area (Å²) < 4.78 is 0. The van der Waals surface area contributed by atoms with E-state index in [2.05, 4.69) is 16.0 Å². The smallest absolute Gasteiger partial charge is 0.258 e. The minimum absolute atomic E-state index is 0.0580. The van der Waals surface area contributed by atoms with Gasteiger partial charge in [0.2, 0.25) is 0 Å². The lowest BCUT2D eigenvalue weighted by Gasteiger charge is -2.18. The van der Waals surface area contributed by atoms with Crippen LogP contribution in [0, 0.1) is 6.92 Å². The third-order valence-electron chi connectivity index (χ3n) is 3.42. The molecule has 0 fully saturated rings. The number of benzene rings is 1. The number of fused-ring (bicyclic) bond motifs is 1. The molecule has 1 amide bonds. The van der Waals surface area contributed by atoms with E-state index in [-0.39, 0.29) is 5.91 Å². The van der Waals surface area contributed by atoms with Gasteiger partial charge in [-0.1, -0.05) is 0 Å². The molecular formula is C17H15N3O. The van der Waals surface area contributed by atoms with Crippen molar-refractivity contribution in [3.05, 3.63) is 66.1 Å². The van der Waals surface area contributed by atoms with Crippen LogP contribution in [0.1, 0.15) is 15.9 Å². The van der Waals surface area contributed by atoms with Gasteiger partial charge in [0.15, 0.2) is 0 Å². The highest BCUT2D eigenvalue weighted by molar-refractivity contribution is 6.06. The van der Waals surface area contributed by atoms with E-state index in [1.807, 2.05) is 31.3 Å². The van der Waals surface area contributed by atoms with E-state index in [0.29, 0.717) is 5.56 Å². The first-order valence-corrected chi connectivity index (χ1v) is 6.69. The summed E-state index contributed by atoms with van der Waals surface area (Å²) in [5.41, 5.74) is 3.49. The molecule has 0 saturated heterocycles. The van der Waals surface area contributed by atoms with Crippen LogP contribution in [0.5, 0.6) is 0 Å². The normalized spacial score (nSPS) is 10.6. The molecule has 1 aromatic carbocycles. The van der Waals surface area contributed by atoms with Crippen LogP contribution in [0.2, 0.25) is 0 Å². The number of rotatable bonds is 2. The van der Waals surface area contributed by atoms with Crippen LogP contribution < -0.4 is 4.90 Å². The molecule has 0 N–H and O–H groups in total. The fourth-order valence-corrected chi connectivity index (χ4v) is 2.24. The van der Waals surface area contributed by atoms with E-state index in [1.165, 1.54) is 0 Å². The summed E-state index contributed by atoms with van der Waals surface area (Å²) in [6.07, 6.45) is 5.08. The van der Waals surface area contributed by atoms with Crippen LogP contribution in [-0.2, 0) is 0 Å². The fraction of sp³-hybridized carbons (Fsp3) is 0.118. The molecule has 0 saturated carbocycles. The standard InChI is InChI=1S/C17H15N3O/c1-12-9-14-10-15(3-4-16(14)19-11-12)20(2)17(21)13-5-7-18-8-6-13/h3-11H,1-2H3. The minimum atomic E-state index is -0.0580. The zero-order valence-corrected chi connectivity index (χ0v) is 11.9. The maximum atomic E-state index is 12.4. The number of hydrogen-bond donors (Lipinski definition) is 0. The Morgan fingerprint density at radius 2 is 1.86 bits per heavy atom. The molecule has 0 aliphatic heterocycles. The van der Waals surface area contributed by atoms with E-state index < -0.39 is 0 Å². The van der Waals surface area contributed by atoms with Crippen molar-refractivity contribution in [3.8, 4) is 0 Å². The molecule has 2 aromatic heterocycles. The van der Waals surface area contributed by atoms with Crippen LogP contribution in [0.4, 0.5) is 5.69 Å². The van der Waals surface area contributed by atoms with Gasteiger partial charge in [-0.15, -0.1) is 0 Å². The lowest BCUT2D eigenvalue weighted by Crippen LogP contribution is -2.26. The number of carbonyl (C=O) groups excluding carboxylic acids is 1. The number of amides is 1. The number of aryl methyl sites for hydroxylation is 1. The van der Waals surface area contributed by atoms with Gasteiger partial charge in [-0.25, -0.2) is 0 Å². The molecule has 0 spiro atoms. The van der Waals surface area contributed by atoms with Crippen molar-refractivity contribution < 1.29 is 4.79 Å². The van der Waals surface area contributed by atoms with E-state index in [4.69, 9.17) is 0 Å². The summed E-state index contributed by atoms with van der Waals surface area (Å²) in [6.45, 7) is 2.00. The molecule has 3 aromatic rings. The summed E-state index contributed by atoms with van der Waals surface area (Å²) in [6, 6.07) is 11.3. The first kappa shape index (κ1) is 13.2. The highest BCUT2D eigenvalue weighted by Gasteiger charge is 2.13. The Bertz CT molecular complexity index is 799. The molecule has 0 atom stereocenters. The predicted octanol–water partition coefficient (Wildman–Crippen LogP) is 3.21. The monoisotopic (exact) mass is 277 g/mol. The van der Waals surface area contributed by atoms with Crippen LogP contribution in [0.3, 0.4) is 0 Å². The summed E-state index contributed by atoms with van der Waals surface area (Å²) in [4.78, 5) is 22.4. The van der Waals surface area contributed by atoms with Gasteiger partial charge in [0, 0.05) is 42.3 Å². The molecular weight excluding hydrogens is 262 g/mol. The molecule has 0 unspecified atom stereocenters. The van der Waals surface area contributed by atoms with Gasteiger partial charge >= 0.3 is 0 Å². The Morgan fingerprint density at radius 1 is 1.10 bits per heavy atom. The second-order valence-electron chi connectivity index (χ2n) is 4.99. The largest absolute Gasteiger partial charge is 0.311 e. The third-order valence-corrected chi connectivity index (χ3v) is 3.42. The number of carbonyl (C=O) groups is 1. The first-order valence-electron chi connectivity index (χ1n) is 6.69. The maximum absolute atomic E-state index is 12.4. The van der Waals surface area contributed by atoms with Crippen molar-refractivity contribution >= 4 is 22.5 Å². The molecule has 2 heterocycles. The average molecular weight is 277 g/mol. The van der Waals surface area contributed by atoms with Crippen molar-refractivity contribution in [1.82, 2.24) is 9.97 Å². The Balaban J connectivity index is 1.98. The molecule has 0 aliphatic carbocycles. The molecule has 21 heavy (non-hydrogen) atoms. The number of anilines is 1. The molecule has 4 nitrogen and oxygen atoms in total. The fourth-order valence-electron chi connectivity index (χ4n) is 2.24. The van der Waals surface area contributed by atoms with E-state index in [0.717, 1.165) is 22.2 Å².